The van der Waals surface area contributed by atoms with Crippen LogP contribution in [-0.2, 0) is 16.1 Å². The highest BCUT2D eigenvalue weighted by molar-refractivity contribution is 6.07. The fourth-order valence-corrected chi connectivity index (χ4v) is 5.11. The molecule has 2 saturated heterocycles. The highest BCUT2D eigenvalue weighted by Crippen LogP contribution is 2.39. The highest BCUT2D eigenvalue weighted by atomic mass is 16.2. The Labute approximate surface area is 184 Å². The Balaban J connectivity index is 1.49. The zero-order valence-corrected chi connectivity index (χ0v) is 18.7. The van der Waals surface area contributed by atoms with Gasteiger partial charge in [0.2, 0.25) is 5.91 Å². The molecule has 7 heteroatoms. The van der Waals surface area contributed by atoms with Gasteiger partial charge >= 0.3 is 6.03 Å². The summed E-state index contributed by atoms with van der Waals surface area (Å²) in [5, 5.41) is 3.11. The van der Waals surface area contributed by atoms with Crippen LogP contribution in [-0.4, -0.2) is 51.3 Å². The van der Waals surface area contributed by atoms with Gasteiger partial charge in [0.25, 0.3) is 5.91 Å². The van der Waals surface area contributed by atoms with E-state index in [1.807, 2.05) is 23.1 Å². The fraction of sp³-hybridized carbons (Fsp3) is 0.667. The van der Waals surface area contributed by atoms with E-state index in [0.29, 0.717) is 31.1 Å². The van der Waals surface area contributed by atoms with Crippen molar-refractivity contribution in [3.8, 4) is 0 Å². The van der Waals surface area contributed by atoms with Crippen LogP contribution in [0.4, 0.5) is 4.79 Å². The van der Waals surface area contributed by atoms with Crippen LogP contribution in [0.5, 0.6) is 0 Å². The molecule has 1 aromatic rings. The summed E-state index contributed by atoms with van der Waals surface area (Å²) in [4.78, 5) is 46.8. The first-order chi connectivity index (χ1) is 14.9. The molecular formula is C24H34N4O3. The van der Waals surface area contributed by atoms with Gasteiger partial charge in [-0.05, 0) is 62.5 Å². The second kappa shape index (κ2) is 8.97. The van der Waals surface area contributed by atoms with E-state index < -0.39 is 5.54 Å². The molecule has 2 aliphatic heterocycles. The van der Waals surface area contributed by atoms with Crippen molar-refractivity contribution in [2.45, 2.75) is 70.9 Å². The van der Waals surface area contributed by atoms with Crippen LogP contribution in [0.2, 0.25) is 0 Å². The topological polar surface area (TPSA) is 82.6 Å². The summed E-state index contributed by atoms with van der Waals surface area (Å²) in [6, 6.07) is 5.19. The Kier molecular flexibility index (Phi) is 6.30. The van der Waals surface area contributed by atoms with E-state index in [9.17, 15) is 14.4 Å². The molecule has 4 amide bonds. The van der Waals surface area contributed by atoms with Gasteiger partial charge in [0.1, 0.15) is 5.54 Å². The summed E-state index contributed by atoms with van der Waals surface area (Å²) in [6.45, 7) is 5.81. The molecule has 1 saturated carbocycles. The van der Waals surface area contributed by atoms with Crippen molar-refractivity contribution in [1.29, 1.82) is 0 Å². The zero-order valence-electron chi connectivity index (χ0n) is 18.7. The van der Waals surface area contributed by atoms with Crippen LogP contribution < -0.4 is 5.32 Å². The normalized spacial score (nSPS) is 25.1. The maximum Gasteiger partial charge on any atom is 0.325 e. The number of carbonyl (C=O) groups is 3. The number of hydrogen-bond donors (Lipinski definition) is 1. The van der Waals surface area contributed by atoms with Gasteiger partial charge in [-0.25, -0.2) is 4.79 Å². The zero-order chi connectivity index (χ0) is 22.0. The van der Waals surface area contributed by atoms with E-state index in [1.54, 1.807) is 6.20 Å². The number of nitrogens with one attached hydrogen (secondary N) is 1. The number of aromatic nitrogens is 1. The van der Waals surface area contributed by atoms with Crippen molar-refractivity contribution < 1.29 is 14.4 Å². The maximum absolute atomic E-state index is 13.7. The lowest BCUT2D eigenvalue weighted by Crippen LogP contribution is -2.57. The Morgan fingerprint density at radius 2 is 1.94 bits per heavy atom. The molecule has 0 radical (unpaired) electrons. The molecule has 0 bridgehead atoms. The fourth-order valence-electron chi connectivity index (χ4n) is 5.11. The lowest BCUT2D eigenvalue weighted by molar-refractivity contribution is -0.141. The van der Waals surface area contributed by atoms with Crippen LogP contribution >= 0.6 is 0 Å². The highest BCUT2D eigenvalue weighted by Gasteiger charge is 2.55. The van der Waals surface area contributed by atoms with Gasteiger partial charge in [-0.3, -0.25) is 19.5 Å². The number of rotatable bonds is 7. The van der Waals surface area contributed by atoms with Crippen LogP contribution in [0.3, 0.4) is 0 Å². The number of nitrogens with zero attached hydrogens (tertiary/aromatic N) is 3. The van der Waals surface area contributed by atoms with Crippen molar-refractivity contribution in [3.05, 3.63) is 30.1 Å². The van der Waals surface area contributed by atoms with Crippen molar-refractivity contribution >= 4 is 17.8 Å². The first-order valence-corrected chi connectivity index (χ1v) is 11.7. The molecule has 1 unspecified atom stereocenters. The van der Waals surface area contributed by atoms with E-state index in [0.717, 1.165) is 38.5 Å². The number of pyridine rings is 1. The third-order valence-electron chi connectivity index (χ3n) is 7.32. The lowest BCUT2D eigenvalue weighted by Gasteiger charge is -2.42. The number of urea groups is 1. The van der Waals surface area contributed by atoms with Gasteiger partial charge in [0, 0.05) is 25.2 Å². The standard InChI is InChI=1S/C24H34N4O3/c1-17(2)9-12-24(19-10-14-27(15-11-19)21(29)18-6-5-7-18)22(30)28(23(31)26-24)16-20-8-3-4-13-25-20/h3-4,8,13,17-19H,5-7,9-12,14-16H2,1-2H3,(H,26,31). The van der Waals surface area contributed by atoms with Crippen molar-refractivity contribution in [2.75, 3.05) is 13.1 Å². The molecule has 3 aliphatic rings. The summed E-state index contributed by atoms with van der Waals surface area (Å²) < 4.78 is 0. The van der Waals surface area contributed by atoms with Gasteiger partial charge in [-0.1, -0.05) is 26.3 Å². The average molecular weight is 427 g/mol. The Morgan fingerprint density at radius 3 is 2.52 bits per heavy atom. The molecule has 3 heterocycles. The summed E-state index contributed by atoms with van der Waals surface area (Å²) >= 11 is 0. The minimum Gasteiger partial charge on any atom is -0.342 e. The van der Waals surface area contributed by atoms with Crippen molar-refractivity contribution in [2.24, 2.45) is 17.8 Å². The van der Waals surface area contributed by atoms with E-state index in [2.05, 4.69) is 24.1 Å². The molecule has 7 nitrogen and oxygen atoms in total. The van der Waals surface area contributed by atoms with Crippen molar-refractivity contribution in [3.63, 3.8) is 0 Å². The first kappa shape index (κ1) is 21.8. The van der Waals surface area contributed by atoms with Crippen molar-refractivity contribution in [1.82, 2.24) is 20.1 Å². The van der Waals surface area contributed by atoms with Gasteiger partial charge in [-0.15, -0.1) is 0 Å². The van der Waals surface area contributed by atoms with Crippen LogP contribution in [0, 0.1) is 17.8 Å². The second-order valence-corrected chi connectivity index (χ2v) is 9.77. The number of hydrogen-bond acceptors (Lipinski definition) is 4. The Bertz CT molecular complexity index is 815. The van der Waals surface area contributed by atoms with Gasteiger partial charge in [-0.2, -0.15) is 0 Å². The number of likely N-dealkylation sites (tertiary alicyclic amines) is 1. The van der Waals surface area contributed by atoms with Gasteiger partial charge in [0.05, 0.1) is 12.2 Å². The molecule has 3 fully saturated rings. The predicted octanol–water partition coefficient (Wildman–Crippen LogP) is 3.35. The molecule has 1 aliphatic carbocycles. The number of imide groups is 1. The van der Waals surface area contributed by atoms with E-state index >= 15 is 0 Å². The molecule has 1 aromatic heterocycles. The molecule has 1 N–H and O–H groups in total. The van der Waals surface area contributed by atoms with Gasteiger partial charge in [0.15, 0.2) is 0 Å². The molecule has 0 spiro atoms. The molecule has 4 rings (SSSR count). The van der Waals surface area contributed by atoms with Crippen LogP contribution in [0.1, 0.15) is 64.5 Å². The second-order valence-electron chi connectivity index (χ2n) is 9.77. The minimum absolute atomic E-state index is 0.0434. The summed E-state index contributed by atoms with van der Waals surface area (Å²) in [5.41, 5.74) is -0.173. The Morgan fingerprint density at radius 1 is 1.19 bits per heavy atom. The summed E-state index contributed by atoms with van der Waals surface area (Å²) in [5.74, 6) is 0.828. The molecular weight excluding hydrogens is 392 g/mol. The lowest BCUT2D eigenvalue weighted by atomic mass is 9.73. The average Bonchev–Trinajstić information content (AvgIpc) is 2.97. The third-order valence-corrected chi connectivity index (χ3v) is 7.32. The van der Waals surface area contributed by atoms with Gasteiger partial charge < -0.3 is 10.2 Å². The van der Waals surface area contributed by atoms with E-state index in [-0.39, 0.29) is 36.2 Å². The number of piperidine rings is 1. The largest absolute Gasteiger partial charge is 0.342 e. The first-order valence-electron chi connectivity index (χ1n) is 11.7. The number of carbonyl (C=O) groups excluding carboxylic acids is 3. The molecule has 0 aromatic carbocycles. The monoisotopic (exact) mass is 426 g/mol. The van der Waals surface area contributed by atoms with E-state index in [1.165, 1.54) is 4.90 Å². The quantitative estimate of drug-likeness (QED) is 0.678. The SMILES string of the molecule is CC(C)CCC1(C2CCN(C(=O)C3CCC3)CC2)NC(=O)N(Cc2ccccn2)C1=O. The van der Waals surface area contributed by atoms with E-state index in [4.69, 9.17) is 0 Å². The smallest absolute Gasteiger partial charge is 0.325 e. The minimum atomic E-state index is -0.873. The molecule has 1 atom stereocenters. The molecule has 31 heavy (non-hydrogen) atoms. The predicted molar refractivity (Wildman–Crippen MR) is 117 cm³/mol. The third kappa shape index (κ3) is 4.32. The summed E-state index contributed by atoms with van der Waals surface area (Å²) in [7, 11) is 0. The Hall–Kier alpha value is -2.44. The summed E-state index contributed by atoms with van der Waals surface area (Å²) in [6.07, 6.45) is 7.84. The number of amides is 4. The molecule has 168 valence electrons. The van der Waals surface area contributed by atoms with Crippen LogP contribution in [0.25, 0.3) is 0 Å². The van der Waals surface area contributed by atoms with Crippen LogP contribution in [0.15, 0.2) is 24.4 Å². The maximum atomic E-state index is 13.7.